The van der Waals surface area contributed by atoms with Gasteiger partial charge in [0.1, 0.15) is 0 Å². The van der Waals surface area contributed by atoms with Gasteiger partial charge in [-0.2, -0.15) is 5.10 Å². The van der Waals surface area contributed by atoms with E-state index in [4.69, 9.17) is 0 Å². The van der Waals surface area contributed by atoms with Crippen molar-refractivity contribution in [1.82, 2.24) is 20.0 Å². The summed E-state index contributed by atoms with van der Waals surface area (Å²) in [5.41, 5.74) is 3.75. The summed E-state index contributed by atoms with van der Waals surface area (Å²) in [6.07, 6.45) is 3.15. The molecule has 0 saturated carbocycles. The third-order valence-electron chi connectivity index (χ3n) is 3.46. The highest BCUT2D eigenvalue weighted by molar-refractivity contribution is 5.63. The number of likely N-dealkylation sites (N-methyl/N-ethyl adjacent to an activating group) is 1. The molecular weight excluding hydrogens is 260 g/mol. The Kier molecular flexibility index (Phi) is 5.96. The first-order valence-electron chi connectivity index (χ1n) is 7.68. The van der Waals surface area contributed by atoms with Crippen LogP contribution in [0.5, 0.6) is 0 Å². The van der Waals surface area contributed by atoms with E-state index < -0.39 is 0 Å². The van der Waals surface area contributed by atoms with E-state index in [1.165, 1.54) is 16.8 Å². The van der Waals surface area contributed by atoms with E-state index in [2.05, 4.69) is 71.3 Å². The van der Waals surface area contributed by atoms with Gasteiger partial charge < -0.3 is 10.2 Å². The number of hydrogen-bond donors (Lipinski definition) is 1. The molecule has 1 aromatic carbocycles. The largest absolute Gasteiger partial charge is 0.313 e. The van der Waals surface area contributed by atoms with Crippen molar-refractivity contribution in [3.05, 3.63) is 42.1 Å². The number of aromatic nitrogens is 2. The summed E-state index contributed by atoms with van der Waals surface area (Å²) in [6, 6.07) is 10.5. The molecule has 1 N–H and O–H groups in total. The van der Waals surface area contributed by atoms with Gasteiger partial charge in [-0.3, -0.25) is 4.68 Å². The Hall–Kier alpha value is -1.65. The molecule has 0 radical (unpaired) electrons. The van der Waals surface area contributed by atoms with Gasteiger partial charge in [0.05, 0.1) is 18.4 Å². The molecule has 1 heterocycles. The van der Waals surface area contributed by atoms with Gasteiger partial charge in [-0.1, -0.05) is 37.3 Å². The van der Waals surface area contributed by atoms with Crippen molar-refractivity contribution in [3.63, 3.8) is 0 Å². The van der Waals surface area contributed by atoms with E-state index in [0.717, 1.165) is 32.6 Å². The zero-order chi connectivity index (χ0) is 15.1. The van der Waals surface area contributed by atoms with Gasteiger partial charge in [-0.15, -0.1) is 0 Å². The van der Waals surface area contributed by atoms with Crippen LogP contribution in [0, 0.1) is 0 Å². The van der Waals surface area contributed by atoms with Crippen LogP contribution in [0.25, 0.3) is 11.3 Å². The van der Waals surface area contributed by atoms with E-state index in [-0.39, 0.29) is 0 Å². The molecule has 0 amide bonds. The zero-order valence-corrected chi connectivity index (χ0v) is 13.3. The summed E-state index contributed by atoms with van der Waals surface area (Å²) in [4.78, 5) is 2.19. The highest BCUT2D eigenvalue weighted by atomic mass is 15.3. The first-order valence-corrected chi connectivity index (χ1v) is 7.68. The molecule has 0 atom stereocenters. The highest BCUT2D eigenvalue weighted by Gasteiger charge is 2.12. The van der Waals surface area contributed by atoms with E-state index in [0.29, 0.717) is 0 Å². The number of nitrogens with zero attached hydrogens (tertiary/aromatic N) is 3. The van der Waals surface area contributed by atoms with Crippen LogP contribution in [0.3, 0.4) is 0 Å². The molecule has 114 valence electrons. The Morgan fingerprint density at radius 3 is 2.62 bits per heavy atom. The summed E-state index contributed by atoms with van der Waals surface area (Å²) >= 11 is 0. The smallest absolute Gasteiger partial charge is 0.0727 e. The minimum atomic E-state index is 0.875. The lowest BCUT2D eigenvalue weighted by Gasteiger charge is -2.13. The van der Waals surface area contributed by atoms with Crippen LogP contribution in [-0.4, -0.2) is 41.9 Å². The Morgan fingerprint density at radius 2 is 1.95 bits per heavy atom. The number of benzene rings is 1. The van der Waals surface area contributed by atoms with Crippen LogP contribution in [0.15, 0.2) is 36.5 Å². The summed E-state index contributed by atoms with van der Waals surface area (Å²) in [7, 11) is 4.19. The third kappa shape index (κ3) is 4.41. The molecule has 2 rings (SSSR count). The van der Waals surface area contributed by atoms with E-state index >= 15 is 0 Å². The first kappa shape index (κ1) is 15.7. The minimum absolute atomic E-state index is 0.875. The number of hydrogen-bond acceptors (Lipinski definition) is 3. The summed E-state index contributed by atoms with van der Waals surface area (Å²) in [6.45, 7) is 6.00. The number of rotatable bonds is 8. The standard InChI is InChI=1S/C17H26N4/c1-4-10-18-13-16-14-19-21(12-11-20(2)3)17(16)15-8-6-5-7-9-15/h5-9,14,18H,4,10-13H2,1-3H3. The highest BCUT2D eigenvalue weighted by Crippen LogP contribution is 2.23. The van der Waals surface area contributed by atoms with Gasteiger partial charge in [0.25, 0.3) is 0 Å². The Bertz CT molecular complexity index is 531. The quantitative estimate of drug-likeness (QED) is 0.757. The molecule has 0 spiro atoms. The van der Waals surface area contributed by atoms with Crippen molar-refractivity contribution in [1.29, 1.82) is 0 Å². The lowest BCUT2D eigenvalue weighted by molar-refractivity contribution is 0.374. The maximum atomic E-state index is 4.59. The lowest BCUT2D eigenvalue weighted by atomic mass is 10.1. The van der Waals surface area contributed by atoms with Crippen LogP contribution in [0.4, 0.5) is 0 Å². The topological polar surface area (TPSA) is 33.1 Å². The van der Waals surface area contributed by atoms with Crippen LogP contribution < -0.4 is 5.32 Å². The average molecular weight is 286 g/mol. The van der Waals surface area contributed by atoms with Gasteiger partial charge in [-0.25, -0.2) is 0 Å². The van der Waals surface area contributed by atoms with Gasteiger partial charge in [0.15, 0.2) is 0 Å². The zero-order valence-electron chi connectivity index (χ0n) is 13.3. The van der Waals surface area contributed by atoms with Crippen LogP contribution >= 0.6 is 0 Å². The maximum Gasteiger partial charge on any atom is 0.0727 e. The molecular formula is C17H26N4. The van der Waals surface area contributed by atoms with Crippen molar-refractivity contribution in [2.45, 2.75) is 26.4 Å². The Balaban J connectivity index is 2.24. The predicted molar refractivity (Wildman–Crippen MR) is 88.2 cm³/mol. The van der Waals surface area contributed by atoms with Crippen LogP contribution in [0.1, 0.15) is 18.9 Å². The molecule has 0 unspecified atom stereocenters. The second kappa shape index (κ2) is 7.96. The minimum Gasteiger partial charge on any atom is -0.313 e. The molecule has 4 heteroatoms. The van der Waals surface area contributed by atoms with Crippen molar-refractivity contribution in [2.75, 3.05) is 27.2 Å². The van der Waals surface area contributed by atoms with Crippen molar-refractivity contribution >= 4 is 0 Å². The van der Waals surface area contributed by atoms with Gasteiger partial charge in [-0.05, 0) is 27.1 Å². The fraction of sp³-hybridized carbons (Fsp3) is 0.471. The lowest BCUT2D eigenvalue weighted by Crippen LogP contribution is -2.20. The first-order chi connectivity index (χ1) is 10.2. The molecule has 0 aliphatic rings. The molecule has 0 fully saturated rings. The fourth-order valence-electron chi connectivity index (χ4n) is 2.35. The summed E-state index contributed by atoms with van der Waals surface area (Å²) in [5.74, 6) is 0. The van der Waals surface area contributed by atoms with Crippen LogP contribution in [-0.2, 0) is 13.1 Å². The summed E-state index contributed by atoms with van der Waals surface area (Å²) in [5, 5.41) is 8.07. The molecule has 2 aromatic rings. The second-order valence-electron chi connectivity index (χ2n) is 5.59. The molecule has 0 bridgehead atoms. The van der Waals surface area contributed by atoms with Gasteiger partial charge in [0.2, 0.25) is 0 Å². The second-order valence-corrected chi connectivity index (χ2v) is 5.59. The summed E-state index contributed by atoms with van der Waals surface area (Å²) < 4.78 is 2.12. The monoisotopic (exact) mass is 286 g/mol. The van der Waals surface area contributed by atoms with E-state index in [9.17, 15) is 0 Å². The molecule has 1 aromatic heterocycles. The molecule has 0 saturated heterocycles. The number of nitrogens with one attached hydrogen (secondary N) is 1. The molecule has 0 aliphatic heterocycles. The Labute approximate surface area is 127 Å². The van der Waals surface area contributed by atoms with Crippen molar-refractivity contribution in [3.8, 4) is 11.3 Å². The van der Waals surface area contributed by atoms with Gasteiger partial charge >= 0.3 is 0 Å². The Morgan fingerprint density at radius 1 is 1.19 bits per heavy atom. The molecule has 0 aliphatic carbocycles. The SMILES string of the molecule is CCCNCc1cnn(CCN(C)C)c1-c1ccccc1. The molecule has 21 heavy (non-hydrogen) atoms. The normalized spacial score (nSPS) is 11.2. The predicted octanol–water partition coefficient (Wildman–Crippen LogP) is 2.61. The van der Waals surface area contributed by atoms with E-state index in [1.807, 2.05) is 6.20 Å². The maximum absolute atomic E-state index is 4.59. The third-order valence-corrected chi connectivity index (χ3v) is 3.46. The molecule has 4 nitrogen and oxygen atoms in total. The average Bonchev–Trinajstić information content (AvgIpc) is 2.89. The fourth-order valence-corrected chi connectivity index (χ4v) is 2.35. The van der Waals surface area contributed by atoms with Crippen molar-refractivity contribution in [2.24, 2.45) is 0 Å². The van der Waals surface area contributed by atoms with E-state index in [1.54, 1.807) is 0 Å². The van der Waals surface area contributed by atoms with Crippen LogP contribution in [0.2, 0.25) is 0 Å². The van der Waals surface area contributed by atoms with Crippen molar-refractivity contribution < 1.29 is 0 Å². The van der Waals surface area contributed by atoms with Gasteiger partial charge in [0, 0.05) is 24.2 Å².